The zero-order valence-electron chi connectivity index (χ0n) is 15.0. The molecule has 4 rings (SSSR count). The molecule has 0 aliphatic carbocycles. The van der Waals surface area contributed by atoms with Crippen LogP contribution in [0, 0.1) is 4.77 Å². The normalized spacial score (nSPS) is 11.0. The molecule has 1 aromatic carbocycles. The Kier molecular flexibility index (Phi) is 4.70. The minimum absolute atomic E-state index is 0.208. The largest absolute Gasteiger partial charge is 0.467 e. The van der Waals surface area contributed by atoms with E-state index in [0.29, 0.717) is 32.8 Å². The number of carbonyl (C=O) groups is 1. The van der Waals surface area contributed by atoms with Gasteiger partial charge in [-0.05, 0) is 54.7 Å². The summed E-state index contributed by atoms with van der Waals surface area (Å²) in [5, 5.41) is 0.469. The fraction of sp³-hybridized carbons (Fsp3) is 0.150. The summed E-state index contributed by atoms with van der Waals surface area (Å²) >= 11 is 5.17. The van der Waals surface area contributed by atoms with Gasteiger partial charge in [0.05, 0.1) is 36.5 Å². The zero-order chi connectivity index (χ0) is 19.7. The van der Waals surface area contributed by atoms with Crippen molar-refractivity contribution >= 4 is 29.0 Å². The lowest BCUT2D eigenvalue weighted by Gasteiger charge is -2.21. The summed E-state index contributed by atoms with van der Waals surface area (Å²) in [6.45, 7) is 0.578. The maximum atomic E-state index is 13.2. The van der Waals surface area contributed by atoms with Crippen LogP contribution in [0.2, 0.25) is 0 Å². The van der Waals surface area contributed by atoms with Crippen LogP contribution in [0.5, 0.6) is 0 Å². The Bertz CT molecular complexity index is 1200. The van der Waals surface area contributed by atoms with Crippen molar-refractivity contribution in [1.29, 1.82) is 0 Å². The van der Waals surface area contributed by atoms with Gasteiger partial charge in [0.25, 0.3) is 11.5 Å². The Morgan fingerprint density at radius 3 is 2.32 bits per heavy atom. The number of amides is 1. The van der Waals surface area contributed by atoms with Crippen LogP contribution in [-0.4, -0.2) is 20.4 Å². The van der Waals surface area contributed by atoms with E-state index < -0.39 is 0 Å². The predicted molar refractivity (Wildman–Crippen MR) is 105 cm³/mol. The molecule has 0 radical (unpaired) electrons. The number of furan rings is 2. The third kappa shape index (κ3) is 3.41. The highest BCUT2D eigenvalue weighted by Gasteiger charge is 2.20. The van der Waals surface area contributed by atoms with Crippen LogP contribution in [0.25, 0.3) is 10.9 Å². The number of hydrogen-bond acceptors (Lipinski definition) is 5. The molecular formula is C20H17N3O4S. The van der Waals surface area contributed by atoms with Crippen molar-refractivity contribution in [2.45, 2.75) is 13.1 Å². The van der Waals surface area contributed by atoms with E-state index in [4.69, 9.17) is 21.1 Å². The Hall–Kier alpha value is -3.39. The highest BCUT2D eigenvalue weighted by Crippen LogP contribution is 2.17. The SMILES string of the molecule is Cn1c(=S)[nH]c2cc(C(=O)N(Cc3ccco3)Cc3ccco3)ccc2c1=O. The molecule has 4 aromatic rings. The second-order valence-electron chi connectivity index (χ2n) is 6.37. The van der Waals surface area contributed by atoms with Crippen molar-refractivity contribution in [3.63, 3.8) is 0 Å². The van der Waals surface area contributed by atoms with Crippen molar-refractivity contribution < 1.29 is 13.6 Å². The maximum absolute atomic E-state index is 13.2. The van der Waals surface area contributed by atoms with Gasteiger partial charge in [-0.15, -0.1) is 0 Å². The first kappa shape index (κ1) is 18.0. The van der Waals surface area contributed by atoms with E-state index >= 15 is 0 Å². The lowest BCUT2D eigenvalue weighted by molar-refractivity contribution is 0.0705. The second kappa shape index (κ2) is 7.32. The van der Waals surface area contributed by atoms with Crippen molar-refractivity contribution in [2.24, 2.45) is 7.05 Å². The molecule has 0 fully saturated rings. The Labute approximate surface area is 164 Å². The van der Waals surface area contributed by atoms with E-state index in [0.717, 1.165) is 0 Å². The van der Waals surface area contributed by atoms with Crippen LogP contribution in [0.15, 0.2) is 68.6 Å². The van der Waals surface area contributed by atoms with Crippen LogP contribution in [0.3, 0.4) is 0 Å². The molecular weight excluding hydrogens is 378 g/mol. The lowest BCUT2D eigenvalue weighted by Crippen LogP contribution is -2.30. The minimum atomic E-state index is -0.213. The summed E-state index contributed by atoms with van der Waals surface area (Å²) in [6.07, 6.45) is 3.13. The van der Waals surface area contributed by atoms with Crippen LogP contribution in [0.4, 0.5) is 0 Å². The van der Waals surface area contributed by atoms with Gasteiger partial charge in [-0.2, -0.15) is 0 Å². The number of fused-ring (bicyclic) bond motifs is 1. The molecule has 3 aromatic heterocycles. The molecule has 1 N–H and O–H groups in total. The van der Waals surface area contributed by atoms with Crippen LogP contribution in [0.1, 0.15) is 21.9 Å². The summed E-state index contributed by atoms with van der Waals surface area (Å²) in [7, 11) is 1.61. The van der Waals surface area contributed by atoms with Crippen LogP contribution in [-0.2, 0) is 20.1 Å². The highest BCUT2D eigenvalue weighted by atomic mass is 32.1. The summed E-state index contributed by atoms with van der Waals surface area (Å²) in [5.41, 5.74) is 0.750. The van der Waals surface area contributed by atoms with E-state index in [2.05, 4.69) is 4.98 Å². The first-order valence-electron chi connectivity index (χ1n) is 8.60. The number of hydrogen-bond donors (Lipinski definition) is 1. The number of aromatic amines is 1. The van der Waals surface area contributed by atoms with Gasteiger partial charge >= 0.3 is 0 Å². The van der Waals surface area contributed by atoms with E-state index in [9.17, 15) is 9.59 Å². The molecule has 0 bridgehead atoms. The van der Waals surface area contributed by atoms with Crippen LogP contribution < -0.4 is 5.56 Å². The first-order chi connectivity index (χ1) is 13.5. The van der Waals surface area contributed by atoms with Gasteiger partial charge in [0.15, 0.2) is 4.77 Å². The van der Waals surface area contributed by atoms with Crippen molar-refractivity contribution in [3.8, 4) is 0 Å². The third-order valence-electron chi connectivity index (χ3n) is 4.49. The highest BCUT2D eigenvalue weighted by molar-refractivity contribution is 7.71. The third-order valence-corrected chi connectivity index (χ3v) is 4.86. The van der Waals surface area contributed by atoms with Gasteiger partial charge in [-0.3, -0.25) is 14.2 Å². The Morgan fingerprint density at radius 1 is 1.11 bits per heavy atom. The molecule has 0 unspecified atom stereocenters. The molecule has 28 heavy (non-hydrogen) atoms. The number of H-pyrrole nitrogens is 1. The number of aromatic nitrogens is 2. The summed E-state index contributed by atoms with van der Waals surface area (Å²) < 4.78 is 12.4. The summed E-state index contributed by atoms with van der Waals surface area (Å²) in [6, 6.07) is 12.1. The number of rotatable bonds is 5. The van der Waals surface area contributed by atoms with Gasteiger partial charge in [0, 0.05) is 12.6 Å². The van der Waals surface area contributed by atoms with Crippen molar-refractivity contribution in [1.82, 2.24) is 14.5 Å². The van der Waals surface area contributed by atoms with Crippen LogP contribution >= 0.6 is 12.2 Å². The van der Waals surface area contributed by atoms with Gasteiger partial charge in [0.2, 0.25) is 0 Å². The van der Waals surface area contributed by atoms with Gasteiger partial charge in [-0.1, -0.05) is 0 Å². The van der Waals surface area contributed by atoms with Crippen molar-refractivity contribution in [3.05, 3.63) is 87.2 Å². The Balaban J connectivity index is 1.72. The van der Waals surface area contributed by atoms with Gasteiger partial charge < -0.3 is 18.7 Å². The monoisotopic (exact) mass is 395 g/mol. The predicted octanol–water partition coefficient (Wildman–Crippen LogP) is 3.62. The molecule has 0 aliphatic heterocycles. The molecule has 7 nitrogen and oxygen atoms in total. The molecule has 142 valence electrons. The van der Waals surface area contributed by atoms with E-state index in [1.807, 2.05) is 12.1 Å². The van der Waals surface area contributed by atoms with Gasteiger partial charge in [-0.25, -0.2) is 0 Å². The molecule has 8 heteroatoms. The zero-order valence-corrected chi connectivity index (χ0v) is 15.9. The standard InChI is InChI=1S/C20H17N3O4S/c1-22-19(25)16-7-6-13(10-17(16)21-20(22)28)18(24)23(11-14-4-2-8-26-14)12-15-5-3-9-27-15/h2-10H,11-12H2,1H3,(H,21,28). The molecule has 0 spiro atoms. The van der Waals surface area contributed by atoms with Gasteiger partial charge in [0.1, 0.15) is 11.5 Å². The maximum Gasteiger partial charge on any atom is 0.261 e. The minimum Gasteiger partial charge on any atom is -0.467 e. The fourth-order valence-corrected chi connectivity index (χ4v) is 3.20. The average Bonchev–Trinajstić information content (AvgIpc) is 3.39. The Morgan fingerprint density at radius 2 is 1.75 bits per heavy atom. The van der Waals surface area contributed by atoms with Crippen molar-refractivity contribution in [2.75, 3.05) is 0 Å². The molecule has 0 saturated carbocycles. The molecule has 0 atom stereocenters. The lowest BCUT2D eigenvalue weighted by atomic mass is 10.1. The smallest absolute Gasteiger partial charge is 0.261 e. The number of nitrogens with zero attached hydrogens (tertiary/aromatic N) is 2. The quantitative estimate of drug-likeness (QED) is 0.522. The number of nitrogens with one attached hydrogen (secondary N) is 1. The molecule has 1 amide bonds. The second-order valence-corrected chi connectivity index (χ2v) is 6.76. The molecule has 0 aliphatic rings. The average molecular weight is 395 g/mol. The van der Waals surface area contributed by atoms with E-state index in [-0.39, 0.29) is 24.6 Å². The molecule has 3 heterocycles. The topological polar surface area (TPSA) is 84.4 Å². The van der Waals surface area contributed by atoms with E-state index in [1.165, 1.54) is 4.57 Å². The number of benzene rings is 1. The fourth-order valence-electron chi connectivity index (χ4n) is 3.00. The summed E-state index contributed by atoms with van der Waals surface area (Å²) in [4.78, 5) is 30.2. The first-order valence-corrected chi connectivity index (χ1v) is 9.01. The number of carbonyl (C=O) groups excluding carboxylic acids is 1. The van der Waals surface area contributed by atoms with E-state index in [1.54, 1.807) is 54.8 Å². The summed E-state index contributed by atoms with van der Waals surface area (Å²) in [5.74, 6) is 1.11. The molecule has 0 saturated heterocycles.